The van der Waals surface area contributed by atoms with E-state index >= 15 is 0 Å². The second-order valence-electron chi connectivity index (χ2n) is 5.41. The molecule has 16 heavy (non-hydrogen) atoms. The molecule has 0 fully saturated rings. The van der Waals surface area contributed by atoms with Crippen LogP contribution >= 0.6 is 11.6 Å². The van der Waals surface area contributed by atoms with E-state index in [1.165, 1.54) is 5.56 Å². The second kappa shape index (κ2) is 5.15. The van der Waals surface area contributed by atoms with Crippen molar-refractivity contribution in [2.75, 3.05) is 0 Å². The fourth-order valence-electron chi connectivity index (χ4n) is 1.38. The lowest BCUT2D eigenvalue weighted by Crippen LogP contribution is -2.37. The third-order valence-electron chi connectivity index (χ3n) is 2.89. The monoisotopic (exact) mass is 240 g/mol. The summed E-state index contributed by atoms with van der Waals surface area (Å²) < 4.78 is 0. The number of rotatable bonds is 3. The first-order valence-electron chi connectivity index (χ1n) is 5.65. The van der Waals surface area contributed by atoms with Crippen LogP contribution in [0.25, 0.3) is 0 Å². The van der Waals surface area contributed by atoms with Gasteiger partial charge in [-0.3, -0.25) is 0 Å². The summed E-state index contributed by atoms with van der Waals surface area (Å²) in [6.07, 6.45) is 0. The Hall–Kier alpha value is -0.600. The Bertz CT molecular complexity index is 335. The topological polar surface area (TPSA) is 24.9 Å². The molecular formula is C13H21ClN2. The molecule has 90 valence electrons. The molecule has 0 aliphatic rings. The second-order valence-corrected chi connectivity index (χ2v) is 5.80. The Morgan fingerprint density at radius 2 is 2.00 bits per heavy atom. The van der Waals surface area contributed by atoms with Crippen LogP contribution in [0.2, 0.25) is 5.15 Å². The first-order valence-corrected chi connectivity index (χ1v) is 6.03. The Morgan fingerprint density at radius 3 is 2.50 bits per heavy atom. The molecule has 1 atom stereocenters. The first-order chi connectivity index (χ1) is 7.29. The van der Waals surface area contributed by atoms with Crippen molar-refractivity contribution in [2.45, 2.75) is 47.2 Å². The van der Waals surface area contributed by atoms with Crippen molar-refractivity contribution in [1.82, 2.24) is 10.3 Å². The van der Waals surface area contributed by atoms with E-state index in [1.54, 1.807) is 0 Å². The van der Waals surface area contributed by atoms with Crippen molar-refractivity contribution in [3.05, 3.63) is 28.5 Å². The molecule has 2 nitrogen and oxygen atoms in total. The number of aromatic nitrogens is 1. The van der Waals surface area contributed by atoms with Crippen LogP contribution < -0.4 is 5.32 Å². The van der Waals surface area contributed by atoms with Crippen molar-refractivity contribution >= 4 is 11.6 Å². The van der Waals surface area contributed by atoms with Gasteiger partial charge in [-0.15, -0.1) is 0 Å². The molecule has 1 rings (SSSR count). The summed E-state index contributed by atoms with van der Waals surface area (Å²) in [6, 6.07) is 4.44. The zero-order chi connectivity index (χ0) is 12.3. The van der Waals surface area contributed by atoms with Crippen LogP contribution in [0.4, 0.5) is 0 Å². The number of hydrogen-bond acceptors (Lipinski definition) is 2. The van der Waals surface area contributed by atoms with Gasteiger partial charge in [0.2, 0.25) is 0 Å². The minimum Gasteiger partial charge on any atom is -0.310 e. The number of pyridine rings is 1. The van der Waals surface area contributed by atoms with Crippen LogP contribution in [0.1, 0.15) is 39.0 Å². The summed E-state index contributed by atoms with van der Waals surface area (Å²) in [5.74, 6) is 0. The Kier molecular flexibility index (Phi) is 4.34. The van der Waals surface area contributed by atoms with Gasteiger partial charge in [-0.2, -0.15) is 0 Å². The molecular weight excluding hydrogens is 220 g/mol. The summed E-state index contributed by atoms with van der Waals surface area (Å²) in [6.45, 7) is 11.7. The SMILES string of the molecule is Cc1cc(CNC(C)C(C)(C)C)cc(Cl)n1. The lowest BCUT2D eigenvalue weighted by Gasteiger charge is -2.28. The largest absolute Gasteiger partial charge is 0.310 e. The predicted molar refractivity (Wildman–Crippen MR) is 69.7 cm³/mol. The van der Waals surface area contributed by atoms with E-state index < -0.39 is 0 Å². The number of aryl methyl sites for hydroxylation is 1. The average Bonchev–Trinajstić information content (AvgIpc) is 2.11. The zero-order valence-electron chi connectivity index (χ0n) is 10.8. The van der Waals surface area contributed by atoms with Crippen LogP contribution in [0.3, 0.4) is 0 Å². The lowest BCUT2D eigenvalue weighted by molar-refractivity contribution is 0.285. The minimum atomic E-state index is 0.270. The molecule has 0 aromatic carbocycles. The third-order valence-corrected chi connectivity index (χ3v) is 3.09. The van der Waals surface area contributed by atoms with E-state index in [1.807, 2.05) is 13.0 Å². The molecule has 1 aromatic heterocycles. The molecule has 1 N–H and O–H groups in total. The zero-order valence-corrected chi connectivity index (χ0v) is 11.5. The first kappa shape index (κ1) is 13.5. The van der Waals surface area contributed by atoms with E-state index in [0.29, 0.717) is 11.2 Å². The van der Waals surface area contributed by atoms with Crippen LogP contribution in [-0.4, -0.2) is 11.0 Å². The van der Waals surface area contributed by atoms with Crippen LogP contribution in [0.15, 0.2) is 12.1 Å². The smallest absolute Gasteiger partial charge is 0.129 e. The van der Waals surface area contributed by atoms with Crippen LogP contribution in [0.5, 0.6) is 0 Å². The number of nitrogens with zero attached hydrogens (tertiary/aromatic N) is 1. The predicted octanol–water partition coefficient (Wildman–Crippen LogP) is 3.57. The minimum absolute atomic E-state index is 0.270. The van der Waals surface area contributed by atoms with Crippen molar-refractivity contribution in [1.29, 1.82) is 0 Å². The molecule has 1 heterocycles. The van der Waals surface area contributed by atoms with Gasteiger partial charge in [0.05, 0.1) is 0 Å². The van der Waals surface area contributed by atoms with Gasteiger partial charge in [-0.05, 0) is 37.0 Å². The van der Waals surface area contributed by atoms with E-state index in [4.69, 9.17) is 11.6 Å². The fraction of sp³-hybridized carbons (Fsp3) is 0.615. The lowest BCUT2D eigenvalue weighted by atomic mass is 9.88. The molecule has 1 aromatic rings. The van der Waals surface area contributed by atoms with Gasteiger partial charge in [0.1, 0.15) is 5.15 Å². The highest BCUT2D eigenvalue weighted by Gasteiger charge is 2.18. The number of nitrogens with one attached hydrogen (secondary N) is 1. The average molecular weight is 241 g/mol. The molecule has 0 spiro atoms. The van der Waals surface area contributed by atoms with Crippen LogP contribution in [0, 0.1) is 12.3 Å². The highest BCUT2D eigenvalue weighted by molar-refractivity contribution is 6.29. The molecule has 1 unspecified atom stereocenters. The van der Waals surface area contributed by atoms with Crippen LogP contribution in [-0.2, 0) is 6.54 Å². The maximum atomic E-state index is 5.92. The van der Waals surface area contributed by atoms with E-state index in [0.717, 1.165) is 12.2 Å². The summed E-state index contributed by atoms with van der Waals surface area (Å²) in [5, 5.41) is 4.08. The summed E-state index contributed by atoms with van der Waals surface area (Å²) in [4.78, 5) is 4.15. The van der Waals surface area contributed by atoms with Gasteiger partial charge >= 0.3 is 0 Å². The Balaban J connectivity index is 2.61. The maximum Gasteiger partial charge on any atom is 0.129 e. The fourth-order valence-corrected chi connectivity index (χ4v) is 1.65. The molecule has 3 heteroatoms. The standard InChI is InChI=1S/C13H21ClN2/c1-9-6-11(7-12(14)16-9)8-15-10(2)13(3,4)5/h6-7,10,15H,8H2,1-5H3. The highest BCUT2D eigenvalue weighted by Crippen LogP contribution is 2.19. The quantitative estimate of drug-likeness (QED) is 0.818. The van der Waals surface area contributed by atoms with E-state index in [2.05, 4.69) is 44.1 Å². The summed E-state index contributed by atoms with van der Waals surface area (Å²) >= 11 is 5.92. The van der Waals surface area contributed by atoms with Crippen molar-refractivity contribution in [2.24, 2.45) is 5.41 Å². The van der Waals surface area contributed by atoms with Gasteiger partial charge in [0.25, 0.3) is 0 Å². The summed E-state index contributed by atoms with van der Waals surface area (Å²) in [7, 11) is 0. The van der Waals surface area contributed by atoms with Gasteiger partial charge in [-0.25, -0.2) is 4.98 Å². The molecule has 0 bridgehead atoms. The summed E-state index contributed by atoms with van der Waals surface area (Å²) in [5.41, 5.74) is 2.42. The van der Waals surface area contributed by atoms with E-state index in [9.17, 15) is 0 Å². The Labute approximate surface area is 103 Å². The highest BCUT2D eigenvalue weighted by atomic mass is 35.5. The molecule has 0 radical (unpaired) electrons. The van der Waals surface area contributed by atoms with Crippen molar-refractivity contribution in [3.63, 3.8) is 0 Å². The molecule has 0 amide bonds. The molecule has 0 saturated carbocycles. The van der Waals surface area contributed by atoms with Gasteiger partial charge in [0.15, 0.2) is 0 Å². The number of hydrogen-bond donors (Lipinski definition) is 1. The molecule has 0 aliphatic carbocycles. The maximum absolute atomic E-state index is 5.92. The van der Waals surface area contributed by atoms with E-state index in [-0.39, 0.29) is 5.41 Å². The third kappa shape index (κ3) is 4.11. The van der Waals surface area contributed by atoms with Gasteiger partial charge in [-0.1, -0.05) is 32.4 Å². The van der Waals surface area contributed by atoms with Gasteiger partial charge < -0.3 is 5.32 Å². The van der Waals surface area contributed by atoms with Gasteiger partial charge in [0, 0.05) is 18.3 Å². The molecule has 0 aliphatic heterocycles. The normalized spacial score (nSPS) is 13.9. The number of halogens is 1. The van der Waals surface area contributed by atoms with Crippen molar-refractivity contribution < 1.29 is 0 Å². The molecule has 0 saturated heterocycles. The Morgan fingerprint density at radius 1 is 1.38 bits per heavy atom. The van der Waals surface area contributed by atoms with Crippen molar-refractivity contribution in [3.8, 4) is 0 Å².